The zero-order valence-corrected chi connectivity index (χ0v) is 7.72. The van der Waals surface area contributed by atoms with Gasteiger partial charge in [-0.1, -0.05) is 0 Å². The van der Waals surface area contributed by atoms with Crippen molar-refractivity contribution in [2.24, 2.45) is 0 Å². The van der Waals surface area contributed by atoms with Gasteiger partial charge in [0, 0.05) is 0 Å². The quantitative estimate of drug-likeness (QED) is 0.531. The molecule has 0 N–H and O–H groups in total. The molecule has 0 aliphatic heterocycles. The average molecular weight is 179 g/mol. The Morgan fingerprint density at radius 2 is 1.50 bits per heavy atom. The summed E-state index contributed by atoms with van der Waals surface area (Å²) < 4.78 is 2.38. The van der Waals surface area contributed by atoms with Crippen molar-refractivity contribution in [3.63, 3.8) is 0 Å². The molecule has 0 unspecified atom stereocenters. The molecule has 6 heavy (non-hydrogen) atoms. The molecule has 0 aliphatic rings. The van der Waals surface area contributed by atoms with Gasteiger partial charge in [-0.25, -0.2) is 0 Å². The van der Waals surface area contributed by atoms with Gasteiger partial charge in [-0.3, -0.25) is 0 Å². The predicted octanol–water partition coefficient (Wildman–Crippen LogP) is 1.21. The second kappa shape index (κ2) is 2.22. The second-order valence-corrected chi connectivity index (χ2v) is 9.39. The summed E-state index contributed by atoms with van der Waals surface area (Å²) in [5.41, 5.74) is 0. The first-order valence-corrected chi connectivity index (χ1v) is 6.89. The molecule has 35 valence electrons. The van der Waals surface area contributed by atoms with Gasteiger partial charge in [-0.15, -0.1) is 0 Å². The Bertz CT molecular complexity index is 53.1. The van der Waals surface area contributed by atoms with E-state index in [0.29, 0.717) is 0 Å². The van der Waals surface area contributed by atoms with Gasteiger partial charge in [0.25, 0.3) is 0 Å². The van der Waals surface area contributed by atoms with Crippen molar-refractivity contribution >= 4 is 11.9 Å². The van der Waals surface area contributed by atoms with Crippen molar-refractivity contribution in [2.45, 2.75) is 19.6 Å². The van der Waals surface area contributed by atoms with Crippen molar-refractivity contribution in [3.8, 4) is 0 Å². The molecule has 0 spiro atoms. The van der Waals surface area contributed by atoms with E-state index in [4.69, 9.17) is 0 Å². The monoisotopic (exact) mass is 179 g/mol. The summed E-state index contributed by atoms with van der Waals surface area (Å²) in [6.07, 6.45) is 0. The fourth-order valence-electron chi connectivity index (χ4n) is 0. The van der Waals surface area contributed by atoms with Gasteiger partial charge in [-0.05, 0) is 0 Å². The Labute approximate surface area is 52.4 Å². The summed E-state index contributed by atoms with van der Waals surface area (Å²) in [5.74, 6) is 0. The van der Waals surface area contributed by atoms with Gasteiger partial charge in [0.05, 0.1) is 0 Å². The Morgan fingerprint density at radius 3 is 1.50 bits per heavy atom. The number of hydrogen-bond acceptors (Lipinski definition) is 0. The topological polar surface area (TPSA) is 0 Å². The Morgan fingerprint density at radius 1 is 1.33 bits per heavy atom. The summed E-state index contributed by atoms with van der Waals surface area (Å²) in [7, 11) is -0.734. The molecule has 0 fully saturated rings. The zero-order valence-electron chi connectivity index (χ0n) is 4.52. The van der Waals surface area contributed by atoms with Crippen molar-refractivity contribution in [1.82, 2.24) is 0 Å². The predicted molar refractivity (Wildman–Crippen MR) is 29.4 cm³/mol. The van der Waals surface area contributed by atoms with Crippen LogP contribution < -0.4 is 0 Å². The maximum absolute atomic E-state index is 2.38. The van der Waals surface area contributed by atoms with Gasteiger partial charge in [0.2, 0.25) is 0 Å². The fourth-order valence-corrected chi connectivity index (χ4v) is 0. The van der Waals surface area contributed by atoms with E-state index in [1.165, 1.54) is 0 Å². The molecule has 0 saturated heterocycles. The molecule has 2 heteroatoms. The number of rotatable bonds is 1. The van der Waals surface area contributed by atoms with Crippen molar-refractivity contribution in [3.05, 3.63) is 0 Å². The first-order chi connectivity index (χ1) is 2.56. The third kappa shape index (κ3) is 4.83. The second-order valence-electron chi connectivity index (χ2n) is 2.50. The Balaban J connectivity index is 3.45. The molecule has 0 saturated carbocycles. The van der Waals surface area contributed by atoms with Crippen LogP contribution in [-0.4, -0.2) is 11.9 Å². The Hall–Kier alpha value is 0.827. The molecule has 0 heterocycles. The van der Waals surface area contributed by atoms with E-state index >= 15 is 0 Å². The normalized spacial score (nSPS) is 11.0. The van der Waals surface area contributed by atoms with Crippen LogP contribution in [0.5, 0.6) is 0 Å². The van der Waals surface area contributed by atoms with Gasteiger partial charge in [-0.2, -0.15) is 0 Å². The van der Waals surface area contributed by atoms with Crippen LogP contribution in [0.1, 0.15) is 0 Å². The molecule has 0 atom stereocenters. The van der Waals surface area contributed by atoms with Crippen LogP contribution in [0.4, 0.5) is 0 Å². The molecule has 0 radical (unpaired) electrons. The third-order valence-electron chi connectivity index (χ3n) is 0.387. The zero-order chi connectivity index (χ0) is 5.21. The van der Waals surface area contributed by atoms with Crippen LogP contribution in [0, 0.1) is 0 Å². The van der Waals surface area contributed by atoms with Gasteiger partial charge in [0.15, 0.2) is 0 Å². The van der Waals surface area contributed by atoms with Crippen LogP contribution in [0.2, 0.25) is 19.6 Å². The summed E-state index contributed by atoms with van der Waals surface area (Å²) >= 11 is 1.84. The summed E-state index contributed by atoms with van der Waals surface area (Å²) in [4.78, 5) is 0. The molecular formula is C4H10NbSi. The van der Waals surface area contributed by atoms with Crippen molar-refractivity contribution in [2.75, 3.05) is 0 Å². The molecule has 0 aromatic carbocycles. The van der Waals surface area contributed by atoms with E-state index in [0.717, 1.165) is 0 Å². The van der Waals surface area contributed by atoms with E-state index in [9.17, 15) is 0 Å². The minimum absolute atomic E-state index is 0.734. The first kappa shape index (κ1) is 6.83. The Kier molecular flexibility index (Phi) is 2.52. The molecule has 0 rings (SSSR count). The van der Waals surface area contributed by atoms with Gasteiger partial charge >= 0.3 is 52.2 Å². The van der Waals surface area contributed by atoms with Crippen LogP contribution >= 0.6 is 0 Å². The standard InChI is InChI=1S/C4H10Si.Nb/c1-5(2,3)4;/h1H,2-4H3;. The van der Waals surface area contributed by atoms with Crippen molar-refractivity contribution < 1.29 is 20.6 Å². The summed E-state index contributed by atoms with van der Waals surface area (Å²) in [5, 5.41) is 0. The van der Waals surface area contributed by atoms with E-state index in [2.05, 4.69) is 23.5 Å². The molecule has 0 aromatic heterocycles. The summed E-state index contributed by atoms with van der Waals surface area (Å²) in [6.45, 7) is 7.02. The molecule has 0 aliphatic carbocycles. The van der Waals surface area contributed by atoms with E-state index in [1.54, 1.807) is 0 Å². The molecule has 0 amide bonds. The number of hydrogen-bond donors (Lipinski definition) is 0. The fraction of sp³-hybridized carbons (Fsp3) is 0.750. The van der Waals surface area contributed by atoms with E-state index in [1.807, 2.05) is 20.6 Å². The van der Waals surface area contributed by atoms with Gasteiger partial charge in [0.1, 0.15) is 0 Å². The maximum atomic E-state index is 2.38. The molecule has 0 nitrogen and oxygen atoms in total. The van der Waals surface area contributed by atoms with Crippen LogP contribution in [-0.2, 0) is 20.6 Å². The third-order valence-corrected chi connectivity index (χ3v) is 6.87. The van der Waals surface area contributed by atoms with Crippen molar-refractivity contribution in [1.29, 1.82) is 0 Å². The van der Waals surface area contributed by atoms with Crippen LogP contribution in [0.3, 0.4) is 0 Å². The van der Waals surface area contributed by atoms with E-state index < -0.39 is 8.07 Å². The summed E-state index contributed by atoms with van der Waals surface area (Å²) in [6, 6.07) is 0. The van der Waals surface area contributed by atoms with Crippen LogP contribution in [0.25, 0.3) is 0 Å². The minimum atomic E-state index is -0.734. The molecule has 0 aromatic rings. The molecular weight excluding hydrogens is 169 g/mol. The molecule has 0 bridgehead atoms. The van der Waals surface area contributed by atoms with Gasteiger partial charge < -0.3 is 0 Å². The van der Waals surface area contributed by atoms with E-state index in [-0.39, 0.29) is 0 Å². The SMILES string of the molecule is C[Si](C)(C)[CH]=[Nb]. The first-order valence-electron chi connectivity index (χ1n) is 2.05. The average Bonchev–Trinajstić information content (AvgIpc) is 1.35. The van der Waals surface area contributed by atoms with Crippen LogP contribution in [0.15, 0.2) is 0 Å².